The molecule has 0 saturated heterocycles. The van der Waals surface area contributed by atoms with E-state index >= 15 is 0 Å². The predicted octanol–water partition coefficient (Wildman–Crippen LogP) is 10.7. The first-order chi connectivity index (χ1) is 27.8. The SMILES string of the molecule is CCCCCCCCCCCCOc1c[nH]c(C(=O)OCC(O)CO)c1Cl.CCCCCCCCCCCCOc1c[nH]c(C(=O)OCCOCCOCC)c1Cl. The van der Waals surface area contributed by atoms with Gasteiger partial charge in [-0.2, -0.15) is 0 Å². The zero-order valence-electron chi connectivity index (χ0n) is 35.2. The highest BCUT2D eigenvalue weighted by molar-refractivity contribution is 6.35. The molecule has 57 heavy (non-hydrogen) atoms. The van der Waals surface area contributed by atoms with Crippen molar-refractivity contribution in [1.29, 1.82) is 0 Å². The molecule has 330 valence electrons. The average Bonchev–Trinajstić information content (AvgIpc) is 3.78. The first-order valence-electron chi connectivity index (χ1n) is 21.6. The Balaban J connectivity index is 0.000000573. The van der Waals surface area contributed by atoms with Gasteiger partial charge >= 0.3 is 11.9 Å². The van der Waals surface area contributed by atoms with Crippen molar-refractivity contribution in [2.24, 2.45) is 0 Å². The summed E-state index contributed by atoms with van der Waals surface area (Å²) in [6.45, 7) is 8.94. The lowest BCUT2D eigenvalue weighted by atomic mass is 10.1. The van der Waals surface area contributed by atoms with E-state index in [1.165, 1.54) is 109 Å². The van der Waals surface area contributed by atoms with Gasteiger partial charge in [-0.15, -0.1) is 0 Å². The number of nitrogens with one attached hydrogen (secondary N) is 2. The molecule has 2 aromatic rings. The van der Waals surface area contributed by atoms with Crippen LogP contribution in [0.2, 0.25) is 10.0 Å². The van der Waals surface area contributed by atoms with Crippen LogP contribution in [-0.2, 0) is 18.9 Å². The van der Waals surface area contributed by atoms with Crippen LogP contribution in [0.3, 0.4) is 0 Å². The van der Waals surface area contributed by atoms with Crippen LogP contribution < -0.4 is 9.47 Å². The highest BCUT2D eigenvalue weighted by Crippen LogP contribution is 2.30. The maximum absolute atomic E-state index is 12.1. The maximum atomic E-state index is 12.1. The minimum Gasteiger partial charge on any atom is -0.490 e. The number of aromatic amines is 2. The summed E-state index contributed by atoms with van der Waals surface area (Å²) in [6, 6.07) is 0. The molecule has 12 nitrogen and oxygen atoms in total. The van der Waals surface area contributed by atoms with Crippen molar-refractivity contribution < 1.29 is 48.2 Å². The second-order valence-corrected chi connectivity index (χ2v) is 14.9. The maximum Gasteiger partial charge on any atom is 0.356 e. The fourth-order valence-electron chi connectivity index (χ4n) is 5.75. The van der Waals surface area contributed by atoms with Gasteiger partial charge in [0, 0.05) is 19.0 Å². The number of rotatable bonds is 36. The monoisotopic (exact) mass is 848 g/mol. The van der Waals surface area contributed by atoms with E-state index in [1.54, 1.807) is 6.20 Å². The molecule has 2 rings (SSSR count). The topological polar surface area (TPSA) is 162 Å². The molecule has 2 aromatic heterocycles. The van der Waals surface area contributed by atoms with Crippen LogP contribution in [0.4, 0.5) is 0 Å². The van der Waals surface area contributed by atoms with Gasteiger partial charge in [-0.25, -0.2) is 9.59 Å². The second-order valence-electron chi connectivity index (χ2n) is 14.1. The van der Waals surface area contributed by atoms with E-state index in [4.69, 9.17) is 56.7 Å². The summed E-state index contributed by atoms with van der Waals surface area (Å²) in [6.07, 6.45) is 27.3. The minimum absolute atomic E-state index is 0.0832. The molecule has 0 spiro atoms. The van der Waals surface area contributed by atoms with Crippen molar-refractivity contribution in [3.05, 3.63) is 33.8 Å². The molecule has 4 N–H and O–H groups in total. The summed E-state index contributed by atoms with van der Waals surface area (Å²) in [5.74, 6) is -0.293. The Morgan fingerprint density at radius 1 is 0.561 bits per heavy atom. The Morgan fingerprint density at radius 3 is 1.37 bits per heavy atom. The predicted molar refractivity (Wildman–Crippen MR) is 227 cm³/mol. The summed E-state index contributed by atoms with van der Waals surface area (Å²) >= 11 is 12.4. The van der Waals surface area contributed by atoms with Gasteiger partial charge in [0.15, 0.2) is 11.5 Å². The van der Waals surface area contributed by atoms with Gasteiger partial charge in [-0.3, -0.25) is 0 Å². The quantitative estimate of drug-likeness (QED) is 0.0384. The van der Waals surface area contributed by atoms with Gasteiger partial charge in [0.1, 0.15) is 40.8 Å². The zero-order valence-corrected chi connectivity index (χ0v) is 36.7. The van der Waals surface area contributed by atoms with Crippen LogP contribution in [0.25, 0.3) is 0 Å². The van der Waals surface area contributed by atoms with E-state index < -0.39 is 24.6 Å². The van der Waals surface area contributed by atoms with E-state index in [-0.39, 0.29) is 34.6 Å². The average molecular weight is 850 g/mol. The van der Waals surface area contributed by atoms with Gasteiger partial charge < -0.3 is 48.6 Å². The number of carbonyl (C=O) groups excluding carboxylic acids is 2. The third kappa shape index (κ3) is 26.3. The van der Waals surface area contributed by atoms with E-state index in [2.05, 4.69) is 23.8 Å². The Hall–Kier alpha value is -2.48. The number of H-pyrrole nitrogens is 2. The molecule has 0 bridgehead atoms. The van der Waals surface area contributed by atoms with Gasteiger partial charge in [-0.05, 0) is 19.8 Å². The number of aliphatic hydroxyl groups excluding tert-OH is 2. The van der Waals surface area contributed by atoms with Gasteiger partial charge in [0.05, 0.1) is 39.6 Å². The Bertz CT molecular complexity index is 1260. The van der Waals surface area contributed by atoms with Crippen LogP contribution >= 0.6 is 23.2 Å². The van der Waals surface area contributed by atoms with E-state index in [9.17, 15) is 14.7 Å². The number of aliphatic hydroxyl groups is 2. The summed E-state index contributed by atoms with van der Waals surface area (Å²) in [7, 11) is 0. The summed E-state index contributed by atoms with van der Waals surface area (Å²) in [4.78, 5) is 29.5. The molecule has 0 radical (unpaired) electrons. The lowest BCUT2D eigenvalue weighted by Crippen LogP contribution is -2.22. The van der Waals surface area contributed by atoms with Crippen molar-refractivity contribution in [1.82, 2.24) is 9.97 Å². The van der Waals surface area contributed by atoms with Crippen LogP contribution in [0, 0.1) is 0 Å². The lowest BCUT2D eigenvalue weighted by molar-refractivity contribution is 0.00892. The standard InChI is InChI=1S/C23H40ClNO5.C20H34ClNO5/c1-3-5-6-7-8-9-10-11-12-13-14-29-20-19-25-22(21(20)24)23(26)30-18-17-28-16-15-27-4-2;1-2-3-4-5-6-7-8-9-10-11-12-26-17-13-22-19(18(17)21)20(25)27-15-16(24)14-23/h19,25H,3-18H2,1-2H3;13,16,22-24H,2-12,14-15H2,1H3. The Labute approximate surface area is 352 Å². The smallest absolute Gasteiger partial charge is 0.356 e. The number of halogens is 2. The first kappa shape index (κ1) is 52.5. The van der Waals surface area contributed by atoms with Gasteiger partial charge in [0.2, 0.25) is 0 Å². The number of hydrogen-bond donors (Lipinski definition) is 4. The third-order valence-corrected chi connectivity index (χ3v) is 9.89. The molecule has 0 fully saturated rings. The fraction of sp³-hybridized carbons (Fsp3) is 0.767. The second kappa shape index (κ2) is 36.6. The molecular weight excluding hydrogens is 775 g/mol. The van der Waals surface area contributed by atoms with Crippen molar-refractivity contribution in [2.75, 3.05) is 59.5 Å². The minimum atomic E-state index is -1.10. The Morgan fingerprint density at radius 2 is 0.947 bits per heavy atom. The largest absolute Gasteiger partial charge is 0.490 e. The molecule has 0 saturated carbocycles. The van der Waals surface area contributed by atoms with Crippen molar-refractivity contribution in [2.45, 2.75) is 155 Å². The molecule has 0 aliphatic carbocycles. The highest BCUT2D eigenvalue weighted by atomic mass is 35.5. The normalized spacial score (nSPS) is 11.6. The number of ether oxygens (including phenoxy) is 6. The van der Waals surface area contributed by atoms with E-state index in [0.717, 1.165) is 25.7 Å². The van der Waals surface area contributed by atoms with Crippen molar-refractivity contribution in [3.63, 3.8) is 0 Å². The lowest BCUT2D eigenvalue weighted by Gasteiger charge is -2.08. The first-order valence-corrected chi connectivity index (χ1v) is 22.3. The molecular formula is C43H74Cl2N2O10. The number of carbonyl (C=O) groups is 2. The van der Waals surface area contributed by atoms with Crippen LogP contribution in [0.5, 0.6) is 11.5 Å². The van der Waals surface area contributed by atoms with Gasteiger partial charge in [-0.1, -0.05) is 153 Å². The van der Waals surface area contributed by atoms with Crippen molar-refractivity contribution in [3.8, 4) is 11.5 Å². The molecule has 14 heteroatoms. The zero-order chi connectivity index (χ0) is 41.8. The van der Waals surface area contributed by atoms with Crippen LogP contribution in [-0.4, -0.2) is 97.7 Å². The van der Waals surface area contributed by atoms with E-state index in [0.29, 0.717) is 51.1 Å². The molecule has 0 aliphatic rings. The van der Waals surface area contributed by atoms with Gasteiger partial charge in [0.25, 0.3) is 0 Å². The van der Waals surface area contributed by atoms with Crippen LogP contribution in [0.1, 0.15) is 170 Å². The molecule has 0 amide bonds. The summed E-state index contributed by atoms with van der Waals surface area (Å²) < 4.78 is 31.8. The van der Waals surface area contributed by atoms with Crippen LogP contribution in [0.15, 0.2) is 12.4 Å². The highest BCUT2D eigenvalue weighted by Gasteiger charge is 2.20. The number of aromatic nitrogens is 2. The Kier molecular flexibility index (Phi) is 33.7. The molecule has 0 aliphatic heterocycles. The fourth-order valence-corrected chi connectivity index (χ4v) is 6.23. The molecule has 0 aromatic carbocycles. The van der Waals surface area contributed by atoms with Crippen molar-refractivity contribution >= 4 is 35.1 Å². The summed E-state index contributed by atoms with van der Waals surface area (Å²) in [5.41, 5.74) is 0.295. The molecule has 2 heterocycles. The number of hydrogen-bond acceptors (Lipinski definition) is 10. The molecule has 1 unspecified atom stereocenters. The van der Waals surface area contributed by atoms with E-state index in [1.807, 2.05) is 6.92 Å². The number of unbranched alkanes of at least 4 members (excludes halogenated alkanes) is 18. The molecule has 1 atom stereocenters. The third-order valence-electron chi connectivity index (χ3n) is 9.14. The summed E-state index contributed by atoms with van der Waals surface area (Å²) in [5, 5.41) is 18.4. The number of esters is 2.